The lowest BCUT2D eigenvalue weighted by atomic mass is 10.2. The molecule has 0 saturated heterocycles. The minimum Gasteiger partial charge on any atom is -0.496 e. The van der Waals surface area contributed by atoms with Crippen LogP contribution in [-0.2, 0) is 0 Å². The van der Waals surface area contributed by atoms with E-state index < -0.39 is 0 Å². The summed E-state index contributed by atoms with van der Waals surface area (Å²) < 4.78 is 6.63. The smallest absolute Gasteiger partial charge is 0.129 e. The standard InChI is InChI=1S/C18H21N3OS/c1-21(2)11-10-19-13-8-9-17-15(12-13)20-18(23-17)14-6-4-5-7-16(14)22-3/h4-9,12,19H,10-11H2,1-3H3. The van der Waals surface area contributed by atoms with E-state index in [1.54, 1.807) is 18.4 Å². The van der Waals surface area contributed by atoms with Gasteiger partial charge in [0.1, 0.15) is 10.8 Å². The molecular weight excluding hydrogens is 306 g/mol. The number of para-hydroxylation sites is 1. The fourth-order valence-electron chi connectivity index (χ4n) is 2.40. The highest BCUT2D eigenvalue weighted by Crippen LogP contribution is 2.36. The zero-order valence-corrected chi connectivity index (χ0v) is 14.5. The molecule has 0 atom stereocenters. The molecule has 3 aromatic rings. The fourth-order valence-corrected chi connectivity index (χ4v) is 3.37. The first-order chi connectivity index (χ1) is 11.2. The molecular formula is C18H21N3OS. The van der Waals surface area contributed by atoms with Crippen molar-refractivity contribution in [2.75, 3.05) is 39.6 Å². The molecule has 1 aromatic heterocycles. The van der Waals surface area contributed by atoms with Crippen molar-refractivity contribution in [3.63, 3.8) is 0 Å². The van der Waals surface area contributed by atoms with Crippen molar-refractivity contribution in [1.82, 2.24) is 9.88 Å². The minimum atomic E-state index is 0.857. The van der Waals surface area contributed by atoms with E-state index in [4.69, 9.17) is 9.72 Å². The summed E-state index contributed by atoms with van der Waals surface area (Å²) in [7, 11) is 5.84. The quantitative estimate of drug-likeness (QED) is 0.744. The van der Waals surface area contributed by atoms with Gasteiger partial charge >= 0.3 is 0 Å². The number of hydrogen-bond acceptors (Lipinski definition) is 5. The van der Waals surface area contributed by atoms with Crippen molar-refractivity contribution in [3.8, 4) is 16.3 Å². The summed E-state index contributed by atoms with van der Waals surface area (Å²) in [5.41, 5.74) is 3.17. The maximum Gasteiger partial charge on any atom is 0.129 e. The second-order valence-electron chi connectivity index (χ2n) is 5.63. The molecule has 0 saturated carbocycles. The Morgan fingerprint density at radius 1 is 1.17 bits per heavy atom. The summed E-state index contributed by atoms with van der Waals surface area (Å²) >= 11 is 1.69. The van der Waals surface area contributed by atoms with Gasteiger partial charge < -0.3 is 15.0 Å². The van der Waals surface area contributed by atoms with E-state index in [9.17, 15) is 0 Å². The van der Waals surface area contributed by atoms with Crippen LogP contribution in [0, 0.1) is 0 Å². The van der Waals surface area contributed by atoms with Crippen molar-refractivity contribution in [2.45, 2.75) is 0 Å². The Balaban J connectivity index is 1.87. The van der Waals surface area contributed by atoms with Crippen LogP contribution in [0.3, 0.4) is 0 Å². The van der Waals surface area contributed by atoms with Crippen LogP contribution in [0.25, 0.3) is 20.8 Å². The molecule has 0 aliphatic rings. The molecule has 0 spiro atoms. The number of aromatic nitrogens is 1. The number of nitrogens with zero attached hydrogens (tertiary/aromatic N) is 2. The van der Waals surface area contributed by atoms with E-state index in [-0.39, 0.29) is 0 Å². The zero-order chi connectivity index (χ0) is 16.2. The van der Waals surface area contributed by atoms with Crippen LogP contribution in [0.5, 0.6) is 5.75 Å². The molecule has 0 aliphatic carbocycles. The molecule has 120 valence electrons. The summed E-state index contributed by atoms with van der Waals surface area (Å²) in [5, 5.41) is 4.43. The molecule has 0 bridgehead atoms. The Morgan fingerprint density at radius 2 is 2.00 bits per heavy atom. The van der Waals surface area contributed by atoms with Crippen molar-refractivity contribution < 1.29 is 4.74 Å². The number of rotatable bonds is 6. The highest BCUT2D eigenvalue weighted by atomic mass is 32.1. The maximum atomic E-state index is 5.44. The first-order valence-corrected chi connectivity index (χ1v) is 8.41. The largest absolute Gasteiger partial charge is 0.496 e. The van der Waals surface area contributed by atoms with Crippen LogP contribution in [0.4, 0.5) is 5.69 Å². The molecule has 0 fully saturated rings. The first-order valence-electron chi connectivity index (χ1n) is 7.60. The van der Waals surface area contributed by atoms with Gasteiger partial charge in [-0.1, -0.05) is 12.1 Å². The van der Waals surface area contributed by atoms with Gasteiger partial charge in [-0.3, -0.25) is 0 Å². The van der Waals surface area contributed by atoms with E-state index >= 15 is 0 Å². The number of methoxy groups -OCH3 is 1. The average molecular weight is 327 g/mol. The SMILES string of the molecule is COc1ccccc1-c1nc2cc(NCCN(C)C)ccc2s1. The summed E-state index contributed by atoms with van der Waals surface area (Å²) in [6.45, 7) is 1.92. The van der Waals surface area contributed by atoms with Gasteiger partial charge in [0.15, 0.2) is 0 Å². The maximum absolute atomic E-state index is 5.44. The Morgan fingerprint density at radius 3 is 2.78 bits per heavy atom. The highest BCUT2D eigenvalue weighted by Gasteiger charge is 2.11. The van der Waals surface area contributed by atoms with Gasteiger partial charge in [0.25, 0.3) is 0 Å². The molecule has 1 N–H and O–H groups in total. The van der Waals surface area contributed by atoms with Crippen LogP contribution in [0.15, 0.2) is 42.5 Å². The second-order valence-corrected chi connectivity index (χ2v) is 6.66. The first kappa shape index (κ1) is 15.8. The average Bonchev–Trinajstić information content (AvgIpc) is 2.97. The molecule has 0 amide bonds. The van der Waals surface area contributed by atoms with E-state index in [1.807, 2.05) is 24.3 Å². The number of nitrogens with one attached hydrogen (secondary N) is 1. The Bertz CT molecular complexity index is 798. The number of fused-ring (bicyclic) bond motifs is 1. The predicted molar refractivity (Wildman–Crippen MR) is 98.7 cm³/mol. The predicted octanol–water partition coefficient (Wildman–Crippen LogP) is 3.95. The number of anilines is 1. The van der Waals surface area contributed by atoms with Crippen molar-refractivity contribution in [2.24, 2.45) is 0 Å². The molecule has 0 aliphatic heterocycles. The number of likely N-dealkylation sites (N-methyl/N-ethyl adjacent to an activating group) is 1. The van der Waals surface area contributed by atoms with Crippen LogP contribution < -0.4 is 10.1 Å². The van der Waals surface area contributed by atoms with Crippen molar-refractivity contribution >= 4 is 27.2 Å². The molecule has 5 heteroatoms. The van der Waals surface area contributed by atoms with Crippen LogP contribution in [0.2, 0.25) is 0 Å². The number of thiazole rings is 1. The molecule has 2 aromatic carbocycles. The number of hydrogen-bond donors (Lipinski definition) is 1. The van der Waals surface area contributed by atoms with Gasteiger partial charge in [0, 0.05) is 18.8 Å². The summed E-state index contributed by atoms with van der Waals surface area (Å²) in [4.78, 5) is 6.94. The summed E-state index contributed by atoms with van der Waals surface area (Å²) in [5.74, 6) is 0.857. The summed E-state index contributed by atoms with van der Waals surface area (Å²) in [6.07, 6.45) is 0. The lowest BCUT2D eigenvalue weighted by Gasteiger charge is -2.11. The van der Waals surface area contributed by atoms with Gasteiger partial charge in [-0.2, -0.15) is 0 Å². The molecule has 0 unspecified atom stereocenters. The van der Waals surface area contributed by atoms with Crippen LogP contribution >= 0.6 is 11.3 Å². The number of ether oxygens (including phenoxy) is 1. The van der Waals surface area contributed by atoms with Crippen LogP contribution in [-0.4, -0.2) is 44.2 Å². The molecule has 1 heterocycles. The summed E-state index contributed by atoms with van der Waals surface area (Å²) in [6, 6.07) is 14.4. The normalized spacial score (nSPS) is 11.1. The van der Waals surface area contributed by atoms with Gasteiger partial charge in [-0.15, -0.1) is 11.3 Å². The van der Waals surface area contributed by atoms with E-state index in [1.165, 1.54) is 4.70 Å². The lowest BCUT2D eigenvalue weighted by Crippen LogP contribution is -2.20. The van der Waals surface area contributed by atoms with E-state index in [2.05, 4.69) is 42.5 Å². The molecule has 23 heavy (non-hydrogen) atoms. The molecule has 0 radical (unpaired) electrons. The molecule has 3 rings (SSSR count). The monoisotopic (exact) mass is 327 g/mol. The van der Waals surface area contributed by atoms with E-state index in [0.717, 1.165) is 40.6 Å². The van der Waals surface area contributed by atoms with Gasteiger partial charge in [0.05, 0.1) is 22.9 Å². The van der Waals surface area contributed by atoms with Gasteiger partial charge in [-0.25, -0.2) is 4.98 Å². The fraction of sp³-hybridized carbons (Fsp3) is 0.278. The Hall–Kier alpha value is -2.11. The Kier molecular flexibility index (Phi) is 4.79. The van der Waals surface area contributed by atoms with Crippen molar-refractivity contribution in [1.29, 1.82) is 0 Å². The second kappa shape index (κ2) is 6.98. The third-order valence-electron chi connectivity index (χ3n) is 3.61. The van der Waals surface area contributed by atoms with Gasteiger partial charge in [-0.05, 0) is 44.4 Å². The Labute approximate surface area is 140 Å². The van der Waals surface area contributed by atoms with Crippen molar-refractivity contribution in [3.05, 3.63) is 42.5 Å². The minimum absolute atomic E-state index is 0.857. The van der Waals surface area contributed by atoms with Crippen LogP contribution in [0.1, 0.15) is 0 Å². The lowest BCUT2D eigenvalue weighted by molar-refractivity contribution is 0.416. The third-order valence-corrected chi connectivity index (χ3v) is 4.68. The zero-order valence-electron chi connectivity index (χ0n) is 13.7. The topological polar surface area (TPSA) is 37.4 Å². The van der Waals surface area contributed by atoms with Gasteiger partial charge in [0.2, 0.25) is 0 Å². The molecule has 4 nitrogen and oxygen atoms in total. The third kappa shape index (κ3) is 3.63. The number of benzene rings is 2. The van der Waals surface area contributed by atoms with E-state index in [0.29, 0.717) is 0 Å². The highest BCUT2D eigenvalue weighted by molar-refractivity contribution is 7.21.